The van der Waals surface area contributed by atoms with Gasteiger partial charge in [-0.2, -0.15) is 9.97 Å². The third-order valence-electron chi connectivity index (χ3n) is 5.83. The summed E-state index contributed by atoms with van der Waals surface area (Å²) in [6, 6.07) is 0. The average molecular weight is 474 g/mol. The Bertz CT molecular complexity index is 1000. The van der Waals surface area contributed by atoms with Crippen LogP contribution in [0.2, 0.25) is 0 Å². The van der Waals surface area contributed by atoms with Crippen LogP contribution in [0.4, 0.5) is 11.8 Å². The van der Waals surface area contributed by atoms with Gasteiger partial charge < -0.3 is 40.5 Å². The van der Waals surface area contributed by atoms with Crippen LogP contribution in [-0.4, -0.2) is 76.5 Å². The fraction of sp³-hybridized carbons (Fsp3) is 0.722. The van der Waals surface area contributed by atoms with E-state index >= 15 is 0 Å². The molecule has 0 aromatic carbocycles. The van der Waals surface area contributed by atoms with Crippen molar-refractivity contribution >= 4 is 30.5 Å². The van der Waals surface area contributed by atoms with Gasteiger partial charge in [0.1, 0.15) is 12.2 Å². The van der Waals surface area contributed by atoms with E-state index in [1.807, 2.05) is 0 Å². The van der Waals surface area contributed by atoms with E-state index < -0.39 is 43.6 Å². The topological polar surface area (TPSA) is 198 Å². The normalized spacial score (nSPS) is 26.9. The van der Waals surface area contributed by atoms with Crippen molar-refractivity contribution in [2.24, 2.45) is 0 Å². The minimum Gasteiger partial charge on any atom is -0.388 e. The lowest BCUT2D eigenvalue weighted by atomic mass is 10.1. The first-order valence-electron chi connectivity index (χ1n) is 10.4. The van der Waals surface area contributed by atoms with E-state index in [0.29, 0.717) is 17.0 Å². The highest BCUT2D eigenvalue weighted by Crippen LogP contribution is 2.58. The summed E-state index contributed by atoms with van der Waals surface area (Å²) >= 11 is 0. The number of aromatic nitrogens is 4. The fourth-order valence-electron chi connectivity index (χ4n) is 3.81. The van der Waals surface area contributed by atoms with Crippen molar-refractivity contribution < 1.29 is 34.0 Å². The molecule has 2 aromatic heterocycles. The number of nitrogens with two attached hydrogens (primary N) is 1. The van der Waals surface area contributed by atoms with Crippen LogP contribution in [0, 0.1) is 0 Å². The largest absolute Gasteiger partial charge is 0.388 e. The lowest BCUT2D eigenvalue weighted by Gasteiger charge is -2.32. The molecule has 1 fully saturated rings. The van der Waals surface area contributed by atoms with Gasteiger partial charge in [-0.3, -0.25) is 9.13 Å². The van der Waals surface area contributed by atoms with Gasteiger partial charge in [0.2, 0.25) is 5.95 Å². The van der Waals surface area contributed by atoms with Crippen LogP contribution in [0.1, 0.15) is 46.3 Å². The molecule has 32 heavy (non-hydrogen) atoms. The zero-order chi connectivity index (χ0) is 23.8. The number of fused-ring (bicyclic) bond motifs is 1. The van der Waals surface area contributed by atoms with E-state index in [9.17, 15) is 24.8 Å². The highest BCUT2D eigenvalue weighted by molar-refractivity contribution is 7.54. The van der Waals surface area contributed by atoms with Crippen molar-refractivity contribution in [2.45, 2.75) is 76.0 Å². The number of anilines is 2. The highest BCUT2D eigenvalue weighted by Gasteiger charge is 2.48. The molecular formula is C18H31N6O7P. The van der Waals surface area contributed by atoms with E-state index in [1.54, 1.807) is 20.9 Å². The van der Waals surface area contributed by atoms with E-state index in [0.717, 1.165) is 0 Å². The molecule has 3 heterocycles. The quantitative estimate of drug-likeness (QED) is 0.276. The van der Waals surface area contributed by atoms with Gasteiger partial charge in [0.05, 0.1) is 18.5 Å². The predicted octanol–water partition coefficient (Wildman–Crippen LogP) is 0.559. The molecule has 3 rings (SSSR count). The Kier molecular flexibility index (Phi) is 7.11. The molecule has 180 valence electrons. The van der Waals surface area contributed by atoms with Crippen molar-refractivity contribution in [2.75, 3.05) is 18.1 Å². The smallest absolute Gasteiger partial charge is 0.359 e. The Balaban J connectivity index is 1.78. The zero-order valence-electron chi connectivity index (χ0n) is 18.4. The number of aliphatic hydroxyl groups is 3. The van der Waals surface area contributed by atoms with Crippen LogP contribution in [-0.2, 0) is 13.8 Å². The van der Waals surface area contributed by atoms with Crippen molar-refractivity contribution in [3.63, 3.8) is 0 Å². The molecule has 1 saturated heterocycles. The summed E-state index contributed by atoms with van der Waals surface area (Å²) in [7, 11) is -2.72. The van der Waals surface area contributed by atoms with E-state index in [1.165, 1.54) is 17.8 Å². The Morgan fingerprint density at radius 3 is 2.59 bits per heavy atom. The molecule has 7 N–H and O–H groups in total. The van der Waals surface area contributed by atoms with Crippen LogP contribution in [0.15, 0.2) is 6.33 Å². The van der Waals surface area contributed by atoms with Gasteiger partial charge in [-0.25, -0.2) is 4.98 Å². The summed E-state index contributed by atoms with van der Waals surface area (Å²) in [5, 5.41) is 32.5. The molecule has 2 aromatic rings. The van der Waals surface area contributed by atoms with Crippen LogP contribution in [0.3, 0.4) is 0 Å². The maximum Gasteiger partial charge on any atom is 0.359 e. The van der Waals surface area contributed by atoms with Gasteiger partial charge in [-0.05, 0) is 19.8 Å². The van der Waals surface area contributed by atoms with E-state index in [4.69, 9.17) is 15.0 Å². The molecule has 3 unspecified atom stereocenters. The van der Waals surface area contributed by atoms with Gasteiger partial charge >= 0.3 is 7.60 Å². The molecule has 6 atom stereocenters. The first kappa shape index (κ1) is 24.8. The van der Waals surface area contributed by atoms with Crippen molar-refractivity contribution in [1.82, 2.24) is 19.5 Å². The summed E-state index contributed by atoms with van der Waals surface area (Å²) in [5.41, 5.74) is 6.47. The number of hydrogen-bond donors (Lipinski definition) is 6. The van der Waals surface area contributed by atoms with E-state index in [2.05, 4.69) is 20.3 Å². The molecule has 1 aliphatic rings. The number of hydrogen-bond acceptors (Lipinski definition) is 11. The summed E-state index contributed by atoms with van der Waals surface area (Å²) in [5.74, 6) is 0.393. The third kappa shape index (κ3) is 4.34. The lowest BCUT2D eigenvalue weighted by Crippen LogP contribution is -2.34. The number of imidazole rings is 1. The Hall–Kier alpha value is -1.86. The average Bonchev–Trinajstić information content (AvgIpc) is 3.27. The molecule has 1 aliphatic heterocycles. The van der Waals surface area contributed by atoms with Crippen LogP contribution < -0.4 is 11.1 Å². The second-order valence-corrected chi connectivity index (χ2v) is 10.00. The number of ether oxygens (including phenoxy) is 1. The van der Waals surface area contributed by atoms with Gasteiger partial charge in [-0.1, -0.05) is 13.8 Å². The molecule has 0 bridgehead atoms. The fourth-order valence-corrected chi connectivity index (χ4v) is 5.38. The van der Waals surface area contributed by atoms with E-state index in [-0.39, 0.29) is 25.2 Å². The Morgan fingerprint density at radius 1 is 1.34 bits per heavy atom. The second-order valence-electron chi connectivity index (χ2n) is 7.91. The molecule has 0 spiro atoms. The minimum atomic E-state index is -4.37. The molecule has 0 amide bonds. The van der Waals surface area contributed by atoms with Gasteiger partial charge in [0.25, 0.3) is 0 Å². The van der Waals surface area contributed by atoms with Gasteiger partial charge in [-0.15, -0.1) is 0 Å². The first-order chi connectivity index (χ1) is 15.0. The number of rotatable bonds is 9. The molecule has 0 radical (unpaired) electrons. The summed E-state index contributed by atoms with van der Waals surface area (Å²) in [6.07, 6.45) is -3.96. The van der Waals surface area contributed by atoms with Crippen molar-refractivity contribution in [1.29, 1.82) is 0 Å². The van der Waals surface area contributed by atoms with Crippen LogP contribution >= 0.6 is 7.60 Å². The first-order valence-corrected chi connectivity index (χ1v) is 12.0. The summed E-state index contributed by atoms with van der Waals surface area (Å²) in [6.45, 7) is 4.72. The molecular weight excluding hydrogens is 443 g/mol. The minimum absolute atomic E-state index is 0.00565. The predicted molar refractivity (Wildman–Crippen MR) is 116 cm³/mol. The Morgan fingerprint density at radius 2 is 2.00 bits per heavy atom. The summed E-state index contributed by atoms with van der Waals surface area (Å²) in [4.78, 5) is 22.7. The molecule has 13 nitrogen and oxygen atoms in total. The van der Waals surface area contributed by atoms with Gasteiger partial charge in [0.15, 0.2) is 28.6 Å². The molecule has 0 saturated carbocycles. The van der Waals surface area contributed by atoms with Gasteiger partial charge in [0, 0.05) is 13.5 Å². The SMILES string of the molecule is CCC(O)(CC)P(=O)(O)OC(C)CC1O[C@@H](n2cnc3c(NC)nc(N)nc32)[C@H](O)[C@@H]1O. The van der Waals surface area contributed by atoms with Crippen LogP contribution in [0.25, 0.3) is 11.2 Å². The van der Waals surface area contributed by atoms with Crippen molar-refractivity contribution in [3.05, 3.63) is 6.33 Å². The molecule has 14 heteroatoms. The van der Waals surface area contributed by atoms with Crippen LogP contribution in [0.5, 0.6) is 0 Å². The highest BCUT2D eigenvalue weighted by atomic mass is 31.2. The monoisotopic (exact) mass is 474 g/mol. The number of nitrogens with zero attached hydrogens (tertiary/aromatic N) is 4. The summed E-state index contributed by atoms with van der Waals surface area (Å²) < 4.78 is 25.2. The maximum absolute atomic E-state index is 12.6. The standard InChI is InChI=1S/C18H31N6O7P/c1-5-18(27,6-2)32(28,29)31-9(3)7-10-12(25)13(26)16(30-10)24-8-21-11-14(20-4)22-17(19)23-15(11)24/h8-10,12-13,16,25-27H,5-7H2,1-4H3,(H,28,29)(H3,19,20,22,23)/t9?,10?,12-,13-,16-/m1/s1. The maximum atomic E-state index is 12.6. The van der Waals surface area contributed by atoms with Crippen molar-refractivity contribution in [3.8, 4) is 0 Å². The lowest BCUT2D eigenvalue weighted by molar-refractivity contribution is -0.0474. The molecule has 0 aliphatic carbocycles. The number of nitrogens with one attached hydrogen (secondary N) is 1. The zero-order valence-corrected chi connectivity index (χ0v) is 19.3. The third-order valence-corrected chi connectivity index (χ3v) is 8.16. The number of aliphatic hydroxyl groups excluding tert-OH is 2. The number of nitrogen functional groups attached to an aromatic ring is 1. The Labute approximate surface area is 185 Å². The second kappa shape index (κ2) is 9.18.